The first-order valence-corrected chi connectivity index (χ1v) is 9.40. The van der Waals surface area contributed by atoms with Crippen LogP contribution in [-0.2, 0) is 6.54 Å². The molecule has 2 aromatic heterocycles. The molecule has 0 radical (unpaired) electrons. The van der Waals surface area contributed by atoms with Crippen molar-refractivity contribution in [3.8, 4) is 22.6 Å². The number of pyridine rings is 1. The van der Waals surface area contributed by atoms with Crippen LogP contribution in [0, 0.1) is 0 Å². The minimum absolute atomic E-state index is 0.684. The predicted octanol–water partition coefficient (Wildman–Crippen LogP) is 5.58. The first kappa shape index (κ1) is 17.4. The van der Waals surface area contributed by atoms with Crippen LogP contribution in [-0.4, -0.2) is 15.0 Å². The van der Waals surface area contributed by atoms with E-state index in [-0.39, 0.29) is 0 Å². The summed E-state index contributed by atoms with van der Waals surface area (Å²) in [7, 11) is 0. The van der Waals surface area contributed by atoms with Crippen molar-refractivity contribution in [3.63, 3.8) is 0 Å². The van der Waals surface area contributed by atoms with Gasteiger partial charge in [-0.1, -0.05) is 60.7 Å². The molecule has 5 heteroatoms. The maximum absolute atomic E-state index is 4.76. The van der Waals surface area contributed by atoms with Crippen molar-refractivity contribution in [2.75, 3.05) is 5.32 Å². The van der Waals surface area contributed by atoms with Gasteiger partial charge in [-0.3, -0.25) is 4.98 Å². The van der Waals surface area contributed by atoms with Crippen molar-refractivity contribution in [2.24, 2.45) is 0 Å². The summed E-state index contributed by atoms with van der Waals surface area (Å²) in [6, 6.07) is 24.2. The van der Waals surface area contributed by atoms with Crippen LogP contribution < -0.4 is 5.32 Å². The molecule has 2 heterocycles. The molecular weight excluding hydrogens is 400 g/mol. The molecule has 4 aromatic rings. The highest BCUT2D eigenvalue weighted by Gasteiger charge is 2.09. The fourth-order valence-electron chi connectivity index (χ4n) is 2.74. The second kappa shape index (κ2) is 8.10. The van der Waals surface area contributed by atoms with Crippen molar-refractivity contribution >= 4 is 21.7 Å². The van der Waals surface area contributed by atoms with Gasteiger partial charge in [0.25, 0.3) is 0 Å². The van der Waals surface area contributed by atoms with E-state index in [2.05, 4.69) is 38.4 Å². The van der Waals surface area contributed by atoms with Gasteiger partial charge in [0, 0.05) is 40.6 Å². The van der Waals surface area contributed by atoms with Gasteiger partial charge < -0.3 is 5.32 Å². The molecule has 0 aliphatic carbocycles. The quantitative estimate of drug-likeness (QED) is 0.461. The van der Waals surface area contributed by atoms with Crippen LogP contribution >= 0.6 is 15.9 Å². The Kier molecular flexibility index (Phi) is 5.21. The first-order valence-electron chi connectivity index (χ1n) is 8.61. The molecule has 0 spiro atoms. The van der Waals surface area contributed by atoms with E-state index in [1.807, 2.05) is 66.9 Å². The van der Waals surface area contributed by atoms with Crippen LogP contribution in [0.4, 0.5) is 5.82 Å². The Balaban J connectivity index is 1.72. The molecular formula is C22H17BrN4. The van der Waals surface area contributed by atoms with E-state index in [9.17, 15) is 0 Å². The van der Waals surface area contributed by atoms with Gasteiger partial charge in [-0.2, -0.15) is 0 Å². The number of nitrogens with zero attached hydrogens (tertiary/aromatic N) is 3. The van der Waals surface area contributed by atoms with E-state index in [0.717, 1.165) is 27.1 Å². The topological polar surface area (TPSA) is 50.7 Å². The zero-order valence-electron chi connectivity index (χ0n) is 14.5. The highest BCUT2D eigenvalue weighted by atomic mass is 79.9. The van der Waals surface area contributed by atoms with Crippen LogP contribution in [0.1, 0.15) is 5.56 Å². The van der Waals surface area contributed by atoms with E-state index in [1.54, 1.807) is 6.20 Å². The Morgan fingerprint density at radius 2 is 1.52 bits per heavy atom. The van der Waals surface area contributed by atoms with Gasteiger partial charge in [-0.15, -0.1) is 0 Å². The van der Waals surface area contributed by atoms with Gasteiger partial charge in [0.15, 0.2) is 5.82 Å². The molecule has 0 aliphatic heterocycles. The lowest BCUT2D eigenvalue weighted by Gasteiger charge is -2.11. The van der Waals surface area contributed by atoms with Crippen molar-refractivity contribution in [3.05, 3.63) is 95.2 Å². The average molecular weight is 417 g/mol. The first-order chi connectivity index (χ1) is 13.3. The van der Waals surface area contributed by atoms with E-state index < -0.39 is 0 Å². The molecule has 132 valence electrons. The van der Waals surface area contributed by atoms with Crippen molar-refractivity contribution in [2.45, 2.75) is 6.54 Å². The minimum Gasteiger partial charge on any atom is -0.366 e. The van der Waals surface area contributed by atoms with Crippen molar-refractivity contribution in [1.82, 2.24) is 15.0 Å². The molecule has 4 rings (SSSR count). The third kappa shape index (κ3) is 4.38. The highest BCUT2D eigenvalue weighted by molar-refractivity contribution is 9.10. The van der Waals surface area contributed by atoms with Gasteiger partial charge in [-0.05, 0) is 27.6 Å². The summed E-state index contributed by atoms with van der Waals surface area (Å²) < 4.78 is 0.915. The van der Waals surface area contributed by atoms with Gasteiger partial charge in [0.1, 0.15) is 5.82 Å². The number of aromatic nitrogens is 3. The molecule has 0 fully saturated rings. The summed E-state index contributed by atoms with van der Waals surface area (Å²) >= 11 is 3.48. The largest absolute Gasteiger partial charge is 0.366 e. The SMILES string of the molecule is Brc1cncc(-c2cc(NCc3ccccc3)nc(-c3ccccc3)n2)c1. The summed E-state index contributed by atoms with van der Waals surface area (Å²) in [5.74, 6) is 1.46. The van der Waals surface area contributed by atoms with Crippen molar-refractivity contribution in [1.29, 1.82) is 0 Å². The fourth-order valence-corrected chi connectivity index (χ4v) is 3.11. The second-order valence-corrected chi connectivity index (χ2v) is 6.97. The average Bonchev–Trinajstić information content (AvgIpc) is 2.73. The van der Waals surface area contributed by atoms with E-state index in [1.165, 1.54) is 5.56 Å². The molecule has 4 nitrogen and oxygen atoms in total. The Bertz CT molecular complexity index is 1040. The van der Waals surface area contributed by atoms with Gasteiger partial charge in [0.05, 0.1) is 5.69 Å². The van der Waals surface area contributed by atoms with Gasteiger partial charge in [0.2, 0.25) is 0 Å². The van der Waals surface area contributed by atoms with Crippen LogP contribution in [0.15, 0.2) is 89.7 Å². The number of rotatable bonds is 5. The van der Waals surface area contributed by atoms with Gasteiger partial charge >= 0.3 is 0 Å². The lowest BCUT2D eigenvalue weighted by atomic mass is 10.1. The molecule has 1 N–H and O–H groups in total. The molecule has 0 bridgehead atoms. The van der Waals surface area contributed by atoms with Crippen LogP contribution in [0.25, 0.3) is 22.6 Å². The summed E-state index contributed by atoms with van der Waals surface area (Å²) in [5, 5.41) is 3.41. The lowest BCUT2D eigenvalue weighted by molar-refractivity contribution is 1.09. The molecule has 0 saturated carbocycles. The molecule has 2 aromatic carbocycles. The summed E-state index contributed by atoms with van der Waals surface area (Å²) in [6.45, 7) is 0.697. The van der Waals surface area contributed by atoms with E-state index in [0.29, 0.717) is 12.4 Å². The highest BCUT2D eigenvalue weighted by Crippen LogP contribution is 2.25. The number of anilines is 1. The minimum atomic E-state index is 0.684. The summed E-state index contributed by atoms with van der Waals surface area (Å²) in [6.07, 6.45) is 3.57. The Hall–Kier alpha value is -3.05. The maximum atomic E-state index is 4.76. The van der Waals surface area contributed by atoms with Crippen LogP contribution in [0.2, 0.25) is 0 Å². The number of hydrogen-bond acceptors (Lipinski definition) is 4. The Morgan fingerprint density at radius 1 is 0.778 bits per heavy atom. The van der Waals surface area contributed by atoms with E-state index in [4.69, 9.17) is 9.97 Å². The summed E-state index contributed by atoms with van der Waals surface area (Å²) in [4.78, 5) is 13.7. The third-order valence-corrected chi connectivity index (χ3v) is 4.51. The van der Waals surface area contributed by atoms with E-state index >= 15 is 0 Å². The van der Waals surface area contributed by atoms with Crippen molar-refractivity contribution < 1.29 is 0 Å². The zero-order chi connectivity index (χ0) is 18.5. The number of nitrogens with one attached hydrogen (secondary N) is 1. The maximum Gasteiger partial charge on any atom is 0.162 e. The van der Waals surface area contributed by atoms with Crippen LogP contribution in [0.5, 0.6) is 0 Å². The zero-order valence-corrected chi connectivity index (χ0v) is 16.1. The standard InChI is InChI=1S/C22H17BrN4/c23-19-11-18(14-24-15-19)20-12-21(25-13-16-7-3-1-4-8-16)27-22(26-20)17-9-5-2-6-10-17/h1-12,14-15H,13H2,(H,25,26,27). The summed E-state index contributed by atoms with van der Waals surface area (Å²) in [5.41, 5.74) is 3.94. The fraction of sp³-hybridized carbons (Fsp3) is 0.0455. The lowest BCUT2D eigenvalue weighted by Crippen LogP contribution is -2.04. The Labute approximate surface area is 166 Å². The second-order valence-electron chi connectivity index (χ2n) is 6.06. The number of hydrogen-bond donors (Lipinski definition) is 1. The molecule has 0 amide bonds. The van der Waals surface area contributed by atoms with Crippen LogP contribution in [0.3, 0.4) is 0 Å². The molecule has 0 aliphatic rings. The monoisotopic (exact) mass is 416 g/mol. The normalized spacial score (nSPS) is 10.6. The molecule has 0 saturated heterocycles. The number of halogens is 1. The molecule has 0 unspecified atom stereocenters. The number of benzene rings is 2. The molecule has 0 atom stereocenters. The Morgan fingerprint density at radius 3 is 2.26 bits per heavy atom. The smallest absolute Gasteiger partial charge is 0.162 e. The third-order valence-electron chi connectivity index (χ3n) is 4.08. The predicted molar refractivity (Wildman–Crippen MR) is 112 cm³/mol. The van der Waals surface area contributed by atoms with Gasteiger partial charge in [-0.25, -0.2) is 9.97 Å². The molecule has 27 heavy (non-hydrogen) atoms.